The normalized spacial score (nSPS) is 18.6. The molecule has 1 fully saturated rings. The zero-order valence-corrected chi connectivity index (χ0v) is 13.2. The average Bonchev–Trinajstić information content (AvgIpc) is 2.90. The molecule has 1 rings (SSSR count). The third-order valence-corrected chi connectivity index (χ3v) is 4.24. The molecule has 19 heavy (non-hydrogen) atoms. The maximum Gasteiger partial charge on any atom is 0.0709 e. The van der Waals surface area contributed by atoms with Gasteiger partial charge in [0.1, 0.15) is 0 Å². The van der Waals surface area contributed by atoms with Gasteiger partial charge in [0, 0.05) is 25.7 Å². The molecule has 1 atom stereocenters. The minimum atomic E-state index is 0.243. The van der Waals surface area contributed by atoms with Crippen molar-refractivity contribution in [3.8, 4) is 0 Å². The molecule has 0 spiro atoms. The van der Waals surface area contributed by atoms with E-state index in [2.05, 4.69) is 25.7 Å². The molecule has 0 aromatic heterocycles. The van der Waals surface area contributed by atoms with Gasteiger partial charge in [0.05, 0.1) is 6.10 Å². The Labute approximate surface area is 119 Å². The van der Waals surface area contributed by atoms with Crippen molar-refractivity contribution in [2.24, 2.45) is 11.7 Å². The molecule has 0 amide bonds. The Balaban J connectivity index is 2.38. The number of hydrogen-bond donors (Lipinski definition) is 1. The molecule has 0 bridgehead atoms. The number of ether oxygens (including phenoxy) is 1. The van der Waals surface area contributed by atoms with Crippen molar-refractivity contribution in [3.05, 3.63) is 0 Å². The van der Waals surface area contributed by atoms with E-state index in [-0.39, 0.29) is 6.10 Å². The highest BCUT2D eigenvalue weighted by Gasteiger charge is 2.23. The highest BCUT2D eigenvalue weighted by molar-refractivity contribution is 4.78. The largest absolute Gasteiger partial charge is 0.377 e. The van der Waals surface area contributed by atoms with Crippen LogP contribution in [0, 0.1) is 5.92 Å². The molecule has 0 aromatic carbocycles. The Morgan fingerprint density at radius 1 is 1.16 bits per heavy atom. The Kier molecular flexibility index (Phi) is 8.67. The van der Waals surface area contributed by atoms with Crippen LogP contribution in [-0.4, -0.2) is 43.3 Å². The fraction of sp³-hybridized carbons (Fsp3) is 1.00. The molecule has 0 heterocycles. The van der Waals surface area contributed by atoms with Gasteiger partial charge < -0.3 is 15.4 Å². The highest BCUT2D eigenvalue weighted by atomic mass is 16.5. The van der Waals surface area contributed by atoms with Crippen LogP contribution in [0.4, 0.5) is 0 Å². The molecule has 2 N–H and O–H groups in total. The SMILES string of the molecule is CCOC(CN)CCN(CCC(C)C)C1CCCC1. The summed E-state index contributed by atoms with van der Waals surface area (Å²) in [6.45, 7) is 10.5. The molecule has 0 aromatic rings. The van der Waals surface area contributed by atoms with E-state index in [0.29, 0.717) is 6.54 Å². The van der Waals surface area contributed by atoms with E-state index < -0.39 is 0 Å². The van der Waals surface area contributed by atoms with Crippen molar-refractivity contribution in [3.63, 3.8) is 0 Å². The molecule has 0 radical (unpaired) electrons. The van der Waals surface area contributed by atoms with Gasteiger partial charge in [-0.2, -0.15) is 0 Å². The van der Waals surface area contributed by atoms with Crippen molar-refractivity contribution in [1.82, 2.24) is 4.90 Å². The summed E-state index contributed by atoms with van der Waals surface area (Å²) in [4.78, 5) is 2.70. The Morgan fingerprint density at radius 3 is 2.32 bits per heavy atom. The van der Waals surface area contributed by atoms with E-state index in [9.17, 15) is 0 Å². The van der Waals surface area contributed by atoms with Gasteiger partial charge in [-0.05, 0) is 45.1 Å². The summed E-state index contributed by atoms with van der Waals surface area (Å²) < 4.78 is 5.68. The van der Waals surface area contributed by atoms with Crippen LogP contribution in [0.15, 0.2) is 0 Å². The van der Waals surface area contributed by atoms with Crippen LogP contribution >= 0.6 is 0 Å². The molecular formula is C16H34N2O. The first-order valence-corrected chi connectivity index (χ1v) is 8.23. The lowest BCUT2D eigenvalue weighted by Crippen LogP contribution is -2.38. The standard InChI is InChI=1S/C16H34N2O/c1-4-19-16(13-17)10-12-18(11-9-14(2)3)15-7-5-6-8-15/h14-16H,4-13,17H2,1-3H3. The van der Waals surface area contributed by atoms with E-state index in [1.54, 1.807) is 0 Å². The smallest absolute Gasteiger partial charge is 0.0709 e. The molecular weight excluding hydrogens is 236 g/mol. The Hall–Kier alpha value is -0.120. The van der Waals surface area contributed by atoms with Gasteiger partial charge in [0.2, 0.25) is 0 Å². The van der Waals surface area contributed by atoms with Crippen molar-refractivity contribution in [2.45, 2.75) is 71.4 Å². The number of rotatable bonds is 10. The lowest BCUT2D eigenvalue weighted by Gasteiger charge is -2.30. The zero-order valence-electron chi connectivity index (χ0n) is 13.2. The first kappa shape index (κ1) is 16.9. The molecule has 1 aliphatic carbocycles. The third kappa shape index (κ3) is 6.73. The van der Waals surface area contributed by atoms with Crippen LogP contribution in [0.5, 0.6) is 0 Å². The second-order valence-corrected chi connectivity index (χ2v) is 6.26. The second kappa shape index (κ2) is 9.73. The molecule has 3 heteroatoms. The van der Waals surface area contributed by atoms with Crippen LogP contribution in [0.3, 0.4) is 0 Å². The number of hydrogen-bond acceptors (Lipinski definition) is 3. The van der Waals surface area contributed by atoms with Crippen molar-refractivity contribution in [1.29, 1.82) is 0 Å². The van der Waals surface area contributed by atoms with Gasteiger partial charge in [-0.1, -0.05) is 26.7 Å². The summed E-state index contributed by atoms with van der Waals surface area (Å²) in [5, 5.41) is 0. The van der Waals surface area contributed by atoms with Crippen LogP contribution < -0.4 is 5.73 Å². The first-order valence-electron chi connectivity index (χ1n) is 8.23. The molecule has 3 nitrogen and oxygen atoms in total. The van der Waals surface area contributed by atoms with Gasteiger partial charge in [0.15, 0.2) is 0 Å². The molecule has 1 saturated carbocycles. The molecule has 0 saturated heterocycles. The second-order valence-electron chi connectivity index (χ2n) is 6.26. The summed E-state index contributed by atoms with van der Waals surface area (Å²) >= 11 is 0. The quantitative estimate of drug-likeness (QED) is 0.663. The van der Waals surface area contributed by atoms with Crippen LogP contribution in [0.25, 0.3) is 0 Å². The zero-order chi connectivity index (χ0) is 14.1. The van der Waals surface area contributed by atoms with E-state index in [1.807, 2.05) is 0 Å². The highest BCUT2D eigenvalue weighted by Crippen LogP contribution is 2.24. The lowest BCUT2D eigenvalue weighted by atomic mass is 10.1. The van der Waals surface area contributed by atoms with Gasteiger partial charge in [-0.15, -0.1) is 0 Å². The molecule has 1 aliphatic rings. The van der Waals surface area contributed by atoms with Crippen molar-refractivity contribution >= 4 is 0 Å². The van der Waals surface area contributed by atoms with Gasteiger partial charge in [0.25, 0.3) is 0 Å². The van der Waals surface area contributed by atoms with E-state index in [0.717, 1.165) is 31.5 Å². The lowest BCUT2D eigenvalue weighted by molar-refractivity contribution is 0.0491. The topological polar surface area (TPSA) is 38.5 Å². The molecule has 114 valence electrons. The van der Waals surface area contributed by atoms with Crippen LogP contribution in [0.1, 0.15) is 59.3 Å². The number of nitrogens with zero attached hydrogens (tertiary/aromatic N) is 1. The maximum absolute atomic E-state index is 5.78. The summed E-state index contributed by atoms with van der Waals surface area (Å²) in [6.07, 6.45) is 8.23. The van der Waals surface area contributed by atoms with E-state index >= 15 is 0 Å². The van der Waals surface area contributed by atoms with Gasteiger partial charge in [-0.25, -0.2) is 0 Å². The van der Waals surface area contributed by atoms with Gasteiger partial charge in [-0.3, -0.25) is 0 Å². The molecule has 1 unspecified atom stereocenters. The summed E-state index contributed by atoms with van der Waals surface area (Å²) in [6, 6.07) is 0.818. The summed E-state index contributed by atoms with van der Waals surface area (Å²) in [5.74, 6) is 0.793. The van der Waals surface area contributed by atoms with Crippen LogP contribution in [0.2, 0.25) is 0 Å². The fourth-order valence-corrected chi connectivity index (χ4v) is 2.99. The van der Waals surface area contributed by atoms with Crippen molar-refractivity contribution < 1.29 is 4.74 Å². The maximum atomic E-state index is 5.78. The first-order chi connectivity index (χ1) is 9.17. The predicted molar refractivity (Wildman–Crippen MR) is 82.4 cm³/mol. The number of nitrogens with two attached hydrogens (primary N) is 1. The minimum Gasteiger partial charge on any atom is -0.377 e. The third-order valence-electron chi connectivity index (χ3n) is 4.24. The molecule has 0 aliphatic heterocycles. The van der Waals surface area contributed by atoms with Crippen molar-refractivity contribution in [2.75, 3.05) is 26.2 Å². The van der Waals surface area contributed by atoms with Crippen LogP contribution in [-0.2, 0) is 4.74 Å². The Bertz CT molecular complexity index is 215. The van der Waals surface area contributed by atoms with Gasteiger partial charge >= 0.3 is 0 Å². The summed E-state index contributed by atoms with van der Waals surface area (Å²) in [5.41, 5.74) is 5.78. The minimum absolute atomic E-state index is 0.243. The van der Waals surface area contributed by atoms with E-state index in [1.165, 1.54) is 38.6 Å². The van der Waals surface area contributed by atoms with E-state index in [4.69, 9.17) is 10.5 Å². The monoisotopic (exact) mass is 270 g/mol. The predicted octanol–water partition coefficient (Wildman–Crippen LogP) is 3.03. The Morgan fingerprint density at radius 2 is 1.79 bits per heavy atom. The fourth-order valence-electron chi connectivity index (χ4n) is 2.99. The summed E-state index contributed by atoms with van der Waals surface area (Å²) in [7, 11) is 0. The average molecular weight is 270 g/mol.